The minimum atomic E-state index is -0.0572. The molecule has 2 aromatic heterocycles. The number of rotatable bonds is 4. The van der Waals surface area contributed by atoms with Crippen molar-refractivity contribution in [3.63, 3.8) is 0 Å². The predicted molar refractivity (Wildman–Crippen MR) is 88.1 cm³/mol. The topological polar surface area (TPSA) is 71.5 Å². The molecule has 2 aromatic rings. The van der Waals surface area contributed by atoms with Crippen LogP contribution in [0.1, 0.15) is 21.9 Å². The van der Waals surface area contributed by atoms with E-state index in [1.165, 1.54) is 11.3 Å². The summed E-state index contributed by atoms with van der Waals surface area (Å²) in [6.45, 7) is 3.11. The summed E-state index contributed by atoms with van der Waals surface area (Å²) in [6.07, 6.45) is 0.726. The molecule has 8 heteroatoms. The molecule has 3 rings (SSSR count). The van der Waals surface area contributed by atoms with Gasteiger partial charge in [-0.05, 0) is 13.0 Å². The summed E-state index contributed by atoms with van der Waals surface area (Å²) >= 11 is 1.49. The molecule has 122 valence electrons. The second-order valence-corrected chi connectivity index (χ2v) is 6.72. The van der Waals surface area contributed by atoms with E-state index in [1.807, 2.05) is 32.0 Å². The van der Waals surface area contributed by atoms with E-state index in [9.17, 15) is 4.79 Å². The molecule has 0 N–H and O–H groups in total. The van der Waals surface area contributed by atoms with Crippen molar-refractivity contribution in [1.82, 2.24) is 20.1 Å². The quantitative estimate of drug-likeness (QED) is 0.846. The first-order chi connectivity index (χ1) is 11.0. The second kappa shape index (κ2) is 6.49. The summed E-state index contributed by atoms with van der Waals surface area (Å²) in [7, 11) is 3.82. The van der Waals surface area contributed by atoms with Gasteiger partial charge in [0.05, 0.1) is 11.6 Å². The number of hydrogen-bond donors (Lipinski definition) is 0. The van der Waals surface area contributed by atoms with Crippen LogP contribution in [0.4, 0.5) is 5.82 Å². The number of aryl methyl sites for hydroxylation is 1. The molecule has 1 amide bonds. The molecule has 1 aliphatic heterocycles. The molecular formula is C15H19N5O2S. The summed E-state index contributed by atoms with van der Waals surface area (Å²) in [5.41, 5.74) is 0.517. The molecule has 0 aliphatic carbocycles. The van der Waals surface area contributed by atoms with Crippen molar-refractivity contribution in [2.45, 2.75) is 19.4 Å². The Morgan fingerprint density at radius 2 is 2.22 bits per heavy atom. The summed E-state index contributed by atoms with van der Waals surface area (Å²) in [4.78, 5) is 20.3. The number of carbonyl (C=O) groups excluding carboxylic acids is 1. The number of aromatic nitrogens is 3. The van der Waals surface area contributed by atoms with Gasteiger partial charge in [0.25, 0.3) is 5.91 Å². The van der Waals surface area contributed by atoms with Crippen LogP contribution in [0.25, 0.3) is 0 Å². The number of amides is 1. The van der Waals surface area contributed by atoms with Gasteiger partial charge >= 0.3 is 0 Å². The van der Waals surface area contributed by atoms with E-state index >= 15 is 0 Å². The molecule has 23 heavy (non-hydrogen) atoms. The van der Waals surface area contributed by atoms with Gasteiger partial charge in [0, 0.05) is 38.5 Å². The molecule has 7 nitrogen and oxygen atoms in total. The lowest BCUT2D eigenvalue weighted by molar-refractivity contribution is 0.0766. The predicted octanol–water partition coefficient (Wildman–Crippen LogP) is 1.60. The summed E-state index contributed by atoms with van der Waals surface area (Å²) in [5.74, 6) is 1.23. The highest BCUT2D eigenvalue weighted by molar-refractivity contribution is 7.09. The van der Waals surface area contributed by atoms with E-state index in [1.54, 1.807) is 16.3 Å². The summed E-state index contributed by atoms with van der Waals surface area (Å²) in [6, 6.07) is 3.66. The Hall–Kier alpha value is -2.22. The lowest BCUT2D eigenvalue weighted by Crippen LogP contribution is -2.31. The average Bonchev–Trinajstić information content (AvgIpc) is 3.16. The molecule has 0 aromatic carbocycles. The van der Waals surface area contributed by atoms with Gasteiger partial charge in [-0.3, -0.25) is 4.79 Å². The van der Waals surface area contributed by atoms with Crippen LogP contribution in [0.5, 0.6) is 5.88 Å². The molecule has 3 heterocycles. The lowest BCUT2D eigenvalue weighted by atomic mass is 10.3. The third kappa shape index (κ3) is 3.58. The van der Waals surface area contributed by atoms with E-state index in [-0.39, 0.29) is 12.0 Å². The SMILES string of the molecule is Cc1nc(C(=O)N2CCC(Oc3ccc(N(C)C)nn3)C2)cs1. The zero-order valence-corrected chi connectivity index (χ0v) is 14.2. The van der Waals surface area contributed by atoms with Crippen molar-refractivity contribution in [2.75, 3.05) is 32.1 Å². The molecule has 0 radical (unpaired) electrons. The maximum absolute atomic E-state index is 12.4. The van der Waals surface area contributed by atoms with Crippen molar-refractivity contribution < 1.29 is 9.53 Å². The summed E-state index contributed by atoms with van der Waals surface area (Å²) in [5, 5.41) is 10.9. The highest BCUT2D eigenvalue weighted by Gasteiger charge is 2.29. The highest BCUT2D eigenvalue weighted by Crippen LogP contribution is 2.20. The Morgan fingerprint density at radius 1 is 1.39 bits per heavy atom. The monoisotopic (exact) mass is 333 g/mol. The molecule has 1 unspecified atom stereocenters. The van der Waals surface area contributed by atoms with E-state index in [0.29, 0.717) is 24.7 Å². The minimum absolute atomic E-state index is 0.0329. The van der Waals surface area contributed by atoms with Crippen LogP contribution in [0.3, 0.4) is 0 Å². The molecule has 0 saturated carbocycles. The molecule has 1 atom stereocenters. The van der Waals surface area contributed by atoms with Crippen LogP contribution in [0.15, 0.2) is 17.5 Å². The zero-order valence-electron chi connectivity index (χ0n) is 13.4. The van der Waals surface area contributed by atoms with E-state index in [2.05, 4.69) is 15.2 Å². The van der Waals surface area contributed by atoms with Crippen molar-refractivity contribution in [3.8, 4) is 5.88 Å². The van der Waals surface area contributed by atoms with E-state index in [0.717, 1.165) is 17.2 Å². The van der Waals surface area contributed by atoms with Gasteiger partial charge in [0.15, 0.2) is 5.82 Å². The fourth-order valence-corrected chi connectivity index (χ4v) is 3.00. The van der Waals surface area contributed by atoms with Crippen LogP contribution >= 0.6 is 11.3 Å². The van der Waals surface area contributed by atoms with Gasteiger partial charge < -0.3 is 14.5 Å². The average molecular weight is 333 g/mol. The Bertz CT molecular complexity index is 685. The van der Waals surface area contributed by atoms with Crippen molar-refractivity contribution in [2.24, 2.45) is 0 Å². The van der Waals surface area contributed by atoms with Crippen LogP contribution < -0.4 is 9.64 Å². The summed E-state index contributed by atoms with van der Waals surface area (Å²) < 4.78 is 5.83. The van der Waals surface area contributed by atoms with Gasteiger partial charge in [-0.15, -0.1) is 21.5 Å². The van der Waals surface area contributed by atoms with Crippen LogP contribution in [0.2, 0.25) is 0 Å². The third-order valence-electron chi connectivity index (χ3n) is 3.64. The first-order valence-electron chi connectivity index (χ1n) is 7.42. The van der Waals surface area contributed by atoms with E-state index in [4.69, 9.17) is 4.74 Å². The number of nitrogens with zero attached hydrogens (tertiary/aromatic N) is 5. The van der Waals surface area contributed by atoms with Gasteiger partial charge in [0.1, 0.15) is 11.8 Å². The first kappa shape index (κ1) is 15.7. The van der Waals surface area contributed by atoms with Crippen molar-refractivity contribution >= 4 is 23.1 Å². The van der Waals surface area contributed by atoms with Crippen molar-refractivity contribution in [3.05, 3.63) is 28.2 Å². The Morgan fingerprint density at radius 3 is 2.83 bits per heavy atom. The number of hydrogen-bond acceptors (Lipinski definition) is 7. The smallest absolute Gasteiger partial charge is 0.273 e. The minimum Gasteiger partial charge on any atom is -0.471 e. The first-order valence-corrected chi connectivity index (χ1v) is 8.30. The molecular weight excluding hydrogens is 314 g/mol. The van der Waals surface area contributed by atoms with Gasteiger partial charge in [-0.2, -0.15) is 0 Å². The maximum Gasteiger partial charge on any atom is 0.273 e. The number of ether oxygens (including phenoxy) is 1. The molecule has 0 bridgehead atoms. The van der Waals surface area contributed by atoms with Crippen LogP contribution in [-0.4, -0.2) is 59.3 Å². The Kier molecular flexibility index (Phi) is 4.42. The molecule has 1 saturated heterocycles. The largest absolute Gasteiger partial charge is 0.471 e. The van der Waals surface area contributed by atoms with Gasteiger partial charge in [0.2, 0.25) is 5.88 Å². The van der Waals surface area contributed by atoms with Crippen molar-refractivity contribution in [1.29, 1.82) is 0 Å². The number of carbonyl (C=O) groups is 1. The normalized spacial score (nSPS) is 17.3. The van der Waals surface area contributed by atoms with Crippen LogP contribution in [0, 0.1) is 6.92 Å². The number of likely N-dealkylation sites (tertiary alicyclic amines) is 1. The molecule has 0 spiro atoms. The lowest BCUT2D eigenvalue weighted by Gasteiger charge is -2.16. The fraction of sp³-hybridized carbons (Fsp3) is 0.467. The highest BCUT2D eigenvalue weighted by atomic mass is 32.1. The third-order valence-corrected chi connectivity index (χ3v) is 4.42. The fourth-order valence-electron chi connectivity index (χ4n) is 2.42. The van der Waals surface area contributed by atoms with Gasteiger partial charge in [-0.25, -0.2) is 4.98 Å². The van der Waals surface area contributed by atoms with Gasteiger partial charge in [-0.1, -0.05) is 0 Å². The van der Waals surface area contributed by atoms with E-state index < -0.39 is 0 Å². The number of anilines is 1. The Labute approximate surface area is 138 Å². The standard InChI is InChI=1S/C15H19N5O2S/c1-10-16-12(9-23-10)15(21)20-7-6-11(8-20)22-14-5-4-13(17-18-14)19(2)3/h4-5,9,11H,6-8H2,1-3H3. The maximum atomic E-state index is 12.4. The molecule has 1 aliphatic rings. The Balaban J connectivity index is 1.58. The zero-order chi connectivity index (χ0) is 16.4. The number of thiazole rings is 1. The second-order valence-electron chi connectivity index (χ2n) is 5.66. The van der Waals surface area contributed by atoms with Crippen LogP contribution in [-0.2, 0) is 0 Å². The molecule has 1 fully saturated rings.